The molecule has 59 heavy (non-hydrogen) atoms. The number of nitrogens with one attached hydrogen (secondary N) is 4. The van der Waals surface area contributed by atoms with Gasteiger partial charge in [-0.05, 0) is 64.3 Å². The molecule has 0 spiro atoms. The van der Waals surface area contributed by atoms with Crippen LogP contribution in [0.5, 0.6) is 0 Å². The molecule has 0 radical (unpaired) electrons. The molecular weight excluding hydrogens is 749 g/mol. The molecule has 4 amide bonds. The number of benzene rings is 3. The van der Waals surface area contributed by atoms with Gasteiger partial charge < -0.3 is 40.2 Å². The number of carboxylic acid groups (broad SMARTS) is 1. The minimum atomic E-state index is -1.24. The molecule has 14 nitrogen and oxygen atoms in total. The number of amides is 4. The van der Waals surface area contributed by atoms with E-state index in [1.54, 1.807) is 22.2 Å². The Morgan fingerprint density at radius 2 is 1.14 bits per heavy atom. The quantitative estimate of drug-likeness (QED) is 0.0845. The van der Waals surface area contributed by atoms with Crippen molar-refractivity contribution >= 4 is 34.8 Å². The standard InChI is InChI=1S/C45H50N8O6/c1-24(2)38(50-44(56)57)42(54)52-22-26(5)17-37(52)41-47-21-35(49-41)33-15-14-31-18-30(12-13-32(31)19-33)28-8-10-29(11-9-28)34-20-46-40(48-34)36-16-27(6)23-53(36)43(55)39(25(3)4)51-45(58)59-7/h8-15,18-21,24-25,36-39,50H,5-6,16-17,22-23H2,1-4,7H3,(H,46,48)(H,47,49)(H,51,58)(H,56,57)/t36?,37-,38-,39-/m0/s1. The van der Waals surface area contributed by atoms with Crippen molar-refractivity contribution < 1.29 is 29.0 Å². The lowest BCUT2D eigenvalue weighted by atomic mass is 9.98. The van der Waals surface area contributed by atoms with Crippen molar-refractivity contribution in [3.8, 4) is 33.6 Å². The van der Waals surface area contributed by atoms with Gasteiger partial charge >= 0.3 is 12.2 Å². The molecule has 0 aliphatic carbocycles. The lowest BCUT2D eigenvalue weighted by molar-refractivity contribution is -0.136. The number of H-pyrrole nitrogens is 2. The van der Waals surface area contributed by atoms with Gasteiger partial charge in [0.1, 0.15) is 23.7 Å². The van der Waals surface area contributed by atoms with Gasteiger partial charge in [-0.2, -0.15) is 0 Å². The number of hydrogen-bond donors (Lipinski definition) is 5. The molecule has 0 saturated carbocycles. The number of nitrogens with zero attached hydrogens (tertiary/aromatic N) is 4. The first-order chi connectivity index (χ1) is 28.2. The average Bonchev–Trinajstić information content (AvgIpc) is 4.04. The summed E-state index contributed by atoms with van der Waals surface area (Å²) in [7, 11) is 1.28. The van der Waals surface area contributed by atoms with Crippen LogP contribution in [0.25, 0.3) is 44.4 Å². The number of ether oxygens (including phenoxy) is 1. The highest BCUT2D eigenvalue weighted by Gasteiger charge is 2.40. The predicted molar refractivity (Wildman–Crippen MR) is 225 cm³/mol. The van der Waals surface area contributed by atoms with E-state index in [1.807, 2.05) is 45.9 Å². The maximum absolute atomic E-state index is 13.7. The molecule has 5 aromatic rings. The number of aromatic amines is 2. The lowest BCUT2D eigenvalue weighted by Gasteiger charge is -2.29. The Bertz CT molecular complexity index is 2430. The van der Waals surface area contributed by atoms with Crippen LogP contribution in [0.2, 0.25) is 0 Å². The lowest BCUT2D eigenvalue weighted by Crippen LogP contribution is -2.51. The molecule has 306 valence electrons. The molecule has 1 unspecified atom stereocenters. The summed E-state index contributed by atoms with van der Waals surface area (Å²) in [5.41, 5.74) is 7.44. The predicted octanol–water partition coefficient (Wildman–Crippen LogP) is 7.62. The van der Waals surface area contributed by atoms with Gasteiger partial charge in [-0.25, -0.2) is 19.6 Å². The molecule has 5 N–H and O–H groups in total. The van der Waals surface area contributed by atoms with E-state index in [2.05, 4.69) is 86.2 Å². The number of methoxy groups -OCH3 is 1. The molecular formula is C45H50N8O6. The summed E-state index contributed by atoms with van der Waals surface area (Å²) in [6, 6.07) is 18.5. The molecule has 14 heteroatoms. The number of likely N-dealkylation sites (tertiary alicyclic amines) is 2. The summed E-state index contributed by atoms with van der Waals surface area (Å²) < 4.78 is 4.76. The molecule has 2 aromatic heterocycles. The smallest absolute Gasteiger partial charge is 0.407 e. The number of imidazole rings is 2. The second kappa shape index (κ2) is 16.6. The summed E-state index contributed by atoms with van der Waals surface area (Å²) in [5.74, 6) is 0.404. The normalized spacial score (nSPS) is 17.8. The molecule has 4 heterocycles. The summed E-state index contributed by atoms with van der Waals surface area (Å²) in [5, 5.41) is 16.5. The van der Waals surface area contributed by atoms with E-state index in [4.69, 9.17) is 4.74 Å². The summed E-state index contributed by atoms with van der Waals surface area (Å²) in [4.78, 5) is 70.2. The number of carbonyl (C=O) groups excluding carboxylic acids is 3. The Hall–Kier alpha value is -6.70. The van der Waals surface area contributed by atoms with Gasteiger partial charge in [0.2, 0.25) is 11.8 Å². The van der Waals surface area contributed by atoms with Crippen molar-refractivity contribution in [1.29, 1.82) is 0 Å². The number of hydrogen-bond acceptors (Lipinski definition) is 7. The van der Waals surface area contributed by atoms with Crippen molar-refractivity contribution in [2.75, 3.05) is 20.2 Å². The van der Waals surface area contributed by atoms with Crippen molar-refractivity contribution in [2.45, 2.75) is 64.7 Å². The van der Waals surface area contributed by atoms with E-state index in [0.29, 0.717) is 37.6 Å². The van der Waals surface area contributed by atoms with Gasteiger partial charge in [-0.3, -0.25) is 9.59 Å². The van der Waals surface area contributed by atoms with Gasteiger partial charge in [0.15, 0.2) is 0 Å². The van der Waals surface area contributed by atoms with Gasteiger partial charge in [0.05, 0.1) is 43.0 Å². The average molecular weight is 799 g/mol. The minimum absolute atomic E-state index is 0.148. The zero-order valence-electron chi connectivity index (χ0n) is 33.9. The first-order valence-electron chi connectivity index (χ1n) is 19.7. The second-order valence-corrected chi connectivity index (χ2v) is 16.1. The molecule has 2 saturated heterocycles. The maximum atomic E-state index is 13.7. The molecule has 2 fully saturated rings. The maximum Gasteiger partial charge on any atom is 0.407 e. The van der Waals surface area contributed by atoms with Crippen molar-refractivity contribution in [2.24, 2.45) is 11.8 Å². The minimum Gasteiger partial charge on any atom is -0.465 e. The zero-order chi connectivity index (χ0) is 42.1. The van der Waals surface area contributed by atoms with Crippen LogP contribution in [0.1, 0.15) is 64.3 Å². The highest BCUT2D eigenvalue weighted by atomic mass is 16.5. The Kier molecular flexibility index (Phi) is 11.4. The fourth-order valence-electron chi connectivity index (χ4n) is 7.99. The van der Waals surface area contributed by atoms with Crippen LogP contribution in [0.3, 0.4) is 0 Å². The molecule has 4 atom stereocenters. The van der Waals surface area contributed by atoms with Gasteiger partial charge in [0, 0.05) is 18.7 Å². The van der Waals surface area contributed by atoms with Crippen LogP contribution in [-0.2, 0) is 14.3 Å². The Morgan fingerprint density at radius 3 is 1.63 bits per heavy atom. The Morgan fingerprint density at radius 1 is 0.695 bits per heavy atom. The Balaban J connectivity index is 1.05. The fourth-order valence-corrected chi connectivity index (χ4v) is 7.99. The Labute approximate surface area is 342 Å². The van der Waals surface area contributed by atoms with E-state index < -0.39 is 24.3 Å². The van der Waals surface area contributed by atoms with Crippen LogP contribution in [0, 0.1) is 11.8 Å². The third kappa shape index (κ3) is 8.47. The van der Waals surface area contributed by atoms with Gasteiger partial charge in [-0.1, -0.05) is 101 Å². The van der Waals surface area contributed by atoms with Crippen molar-refractivity contribution in [3.63, 3.8) is 0 Å². The van der Waals surface area contributed by atoms with E-state index in [9.17, 15) is 24.3 Å². The summed E-state index contributed by atoms with van der Waals surface area (Å²) in [6.45, 7) is 16.4. The van der Waals surface area contributed by atoms with Crippen molar-refractivity contribution in [3.05, 3.63) is 109 Å². The van der Waals surface area contributed by atoms with Crippen LogP contribution in [0.4, 0.5) is 9.59 Å². The molecule has 2 aliphatic heterocycles. The number of aromatic nitrogens is 4. The fraction of sp³-hybridized carbons (Fsp3) is 0.333. The van der Waals surface area contributed by atoms with Crippen molar-refractivity contribution in [1.82, 2.24) is 40.4 Å². The zero-order valence-corrected chi connectivity index (χ0v) is 33.9. The van der Waals surface area contributed by atoms with E-state index >= 15 is 0 Å². The van der Waals surface area contributed by atoms with Crippen LogP contribution in [0.15, 0.2) is 97.4 Å². The number of fused-ring (bicyclic) bond motifs is 1. The highest BCUT2D eigenvalue weighted by Crippen LogP contribution is 2.37. The van der Waals surface area contributed by atoms with Crippen LogP contribution < -0.4 is 10.6 Å². The van der Waals surface area contributed by atoms with Gasteiger partial charge in [-0.15, -0.1) is 0 Å². The van der Waals surface area contributed by atoms with E-state index in [0.717, 1.165) is 55.6 Å². The highest BCUT2D eigenvalue weighted by molar-refractivity contribution is 5.91. The first-order valence-corrected chi connectivity index (χ1v) is 19.7. The molecule has 2 aliphatic rings. The van der Waals surface area contributed by atoms with E-state index in [-0.39, 0.29) is 35.7 Å². The molecule has 0 bridgehead atoms. The largest absolute Gasteiger partial charge is 0.465 e. The van der Waals surface area contributed by atoms with Crippen LogP contribution in [-0.4, -0.2) is 91.1 Å². The third-order valence-electron chi connectivity index (χ3n) is 11.2. The second-order valence-electron chi connectivity index (χ2n) is 16.1. The number of rotatable bonds is 11. The van der Waals surface area contributed by atoms with Crippen LogP contribution >= 0.6 is 0 Å². The summed E-state index contributed by atoms with van der Waals surface area (Å²) >= 11 is 0. The molecule has 3 aromatic carbocycles. The monoisotopic (exact) mass is 798 g/mol. The van der Waals surface area contributed by atoms with Gasteiger partial charge in [0.25, 0.3) is 0 Å². The first kappa shape index (κ1) is 40.5. The number of carbonyl (C=O) groups is 4. The summed E-state index contributed by atoms with van der Waals surface area (Å²) in [6.07, 6.45) is 2.76. The topological polar surface area (TPSA) is 186 Å². The SMILES string of the molecule is C=C1CC(c2ncc(-c3ccc(-c4ccc5cc(-c6cnc([C@@H]7CC(=C)CN7C(=O)[C@@H](NC(=O)O)C(C)C)[nH]6)ccc5c4)cc3)[nH]2)N(C(=O)[C@@H](NC(=O)OC)C(C)C)C1. The molecule has 7 rings (SSSR count). The van der Waals surface area contributed by atoms with E-state index in [1.165, 1.54) is 7.11 Å². The number of alkyl carbamates (subject to hydrolysis) is 1. The third-order valence-corrected chi connectivity index (χ3v) is 11.2.